The molecule has 5 nitrogen and oxygen atoms in total. The molecule has 0 spiro atoms. The summed E-state index contributed by atoms with van der Waals surface area (Å²) in [5.74, 6) is -0.187. The molecule has 2 aromatic carbocycles. The average Bonchev–Trinajstić information content (AvgIpc) is 2.47. The zero-order valence-electron chi connectivity index (χ0n) is 11.2. The minimum Gasteiger partial charge on any atom is -0.507 e. The number of ether oxygens (including phenoxy) is 1. The van der Waals surface area contributed by atoms with Crippen LogP contribution in [0.1, 0.15) is 15.9 Å². The van der Waals surface area contributed by atoms with Crippen molar-refractivity contribution in [2.24, 2.45) is 5.10 Å². The number of halogens is 1. The van der Waals surface area contributed by atoms with Gasteiger partial charge in [0, 0.05) is 10.5 Å². The first-order chi connectivity index (χ1) is 10.1. The highest BCUT2D eigenvalue weighted by molar-refractivity contribution is 9.10. The Bertz CT molecular complexity index is 686. The third-order valence-corrected chi connectivity index (χ3v) is 3.17. The predicted octanol–water partition coefficient (Wildman–Crippen LogP) is 2.93. The summed E-state index contributed by atoms with van der Waals surface area (Å²) in [6, 6.07) is 11.9. The maximum absolute atomic E-state index is 11.9. The van der Waals surface area contributed by atoms with Crippen LogP contribution in [0.3, 0.4) is 0 Å². The molecular weight excluding hydrogens is 336 g/mol. The zero-order chi connectivity index (χ0) is 15.2. The van der Waals surface area contributed by atoms with Gasteiger partial charge in [-0.05, 0) is 29.8 Å². The van der Waals surface area contributed by atoms with E-state index in [0.717, 1.165) is 10.0 Å². The summed E-state index contributed by atoms with van der Waals surface area (Å²) in [7, 11) is 1.48. The molecule has 2 rings (SSSR count). The molecule has 6 heteroatoms. The fourth-order valence-corrected chi connectivity index (χ4v) is 2.06. The number of rotatable bonds is 4. The maximum Gasteiger partial charge on any atom is 0.275 e. The number of phenols is 1. The van der Waals surface area contributed by atoms with Crippen LogP contribution >= 0.6 is 15.9 Å². The maximum atomic E-state index is 11.9. The number of methoxy groups -OCH3 is 1. The average molecular weight is 349 g/mol. The van der Waals surface area contributed by atoms with Gasteiger partial charge in [-0.15, -0.1) is 0 Å². The molecule has 2 N–H and O–H groups in total. The van der Waals surface area contributed by atoms with Crippen molar-refractivity contribution in [3.8, 4) is 11.5 Å². The Morgan fingerprint density at radius 2 is 2.14 bits per heavy atom. The number of nitrogens with zero attached hydrogens (tertiary/aromatic N) is 1. The Kier molecular flexibility index (Phi) is 4.94. The lowest BCUT2D eigenvalue weighted by Crippen LogP contribution is -2.17. The summed E-state index contributed by atoms with van der Waals surface area (Å²) < 4.78 is 5.88. The number of carbonyl (C=O) groups is 1. The molecule has 0 aromatic heterocycles. The summed E-state index contributed by atoms with van der Waals surface area (Å²) in [6.07, 6.45) is 1.52. The van der Waals surface area contributed by atoms with Gasteiger partial charge in [-0.3, -0.25) is 4.79 Å². The number of carbonyl (C=O) groups excluding carboxylic acids is 1. The van der Waals surface area contributed by atoms with E-state index in [2.05, 4.69) is 26.5 Å². The second-order valence-corrected chi connectivity index (χ2v) is 5.05. The van der Waals surface area contributed by atoms with E-state index in [-0.39, 0.29) is 11.3 Å². The van der Waals surface area contributed by atoms with Gasteiger partial charge in [0.2, 0.25) is 0 Å². The van der Waals surface area contributed by atoms with E-state index in [9.17, 15) is 9.90 Å². The molecule has 0 aliphatic rings. The van der Waals surface area contributed by atoms with Gasteiger partial charge < -0.3 is 9.84 Å². The summed E-state index contributed by atoms with van der Waals surface area (Å²) in [4.78, 5) is 11.9. The number of nitrogens with one attached hydrogen (secondary N) is 1. The third kappa shape index (κ3) is 4.06. The molecule has 0 aliphatic heterocycles. The van der Waals surface area contributed by atoms with Crippen molar-refractivity contribution in [2.45, 2.75) is 0 Å². The third-order valence-electron chi connectivity index (χ3n) is 2.68. The molecule has 0 bridgehead atoms. The van der Waals surface area contributed by atoms with Crippen LogP contribution in [0.15, 0.2) is 52.0 Å². The summed E-state index contributed by atoms with van der Waals surface area (Å²) in [5, 5.41) is 13.6. The summed E-state index contributed by atoms with van der Waals surface area (Å²) >= 11 is 3.35. The number of hydrogen-bond donors (Lipinski definition) is 2. The van der Waals surface area contributed by atoms with Crippen molar-refractivity contribution in [3.63, 3.8) is 0 Å². The normalized spacial score (nSPS) is 10.6. The molecule has 0 heterocycles. The minimum atomic E-state index is -0.499. The second kappa shape index (κ2) is 6.90. The molecule has 2 aromatic rings. The smallest absolute Gasteiger partial charge is 0.275 e. The number of hydrogen-bond acceptors (Lipinski definition) is 4. The van der Waals surface area contributed by atoms with Crippen molar-refractivity contribution in [1.29, 1.82) is 0 Å². The Balaban J connectivity index is 2.05. The topological polar surface area (TPSA) is 70.9 Å². The van der Waals surface area contributed by atoms with Crippen LogP contribution in [0.25, 0.3) is 0 Å². The molecule has 1 amide bonds. The first-order valence-electron chi connectivity index (χ1n) is 6.06. The Hall–Kier alpha value is -2.34. The highest BCUT2D eigenvalue weighted by Crippen LogP contribution is 2.23. The van der Waals surface area contributed by atoms with Gasteiger partial charge in [-0.2, -0.15) is 5.10 Å². The molecule has 0 saturated carbocycles. The molecule has 108 valence electrons. The largest absolute Gasteiger partial charge is 0.507 e. The first-order valence-corrected chi connectivity index (χ1v) is 6.85. The van der Waals surface area contributed by atoms with Crippen LogP contribution in [0.4, 0.5) is 0 Å². The van der Waals surface area contributed by atoms with Crippen molar-refractivity contribution in [3.05, 3.63) is 58.1 Å². The molecular formula is C15H13BrN2O3. The Morgan fingerprint density at radius 1 is 1.33 bits per heavy atom. The molecule has 0 radical (unpaired) electrons. The van der Waals surface area contributed by atoms with E-state index < -0.39 is 5.91 Å². The number of phenolic OH excluding ortho intramolecular Hbond substituents is 1. The van der Waals surface area contributed by atoms with Gasteiger partial charge in [0.25, 0.3) is 5.91 Å². The van der Waals surface area contributed by atoms with Gasteiger partial charge in [0.15, 0.2) is 0 Å². The van der Waals surface area contributed by atoms with E-state index in [1.807, 2.05) is 24.3 Å². The molecule has 0 fully saturated rings. The van der Waals surface area contributed by atoms with Crippen molar-refractivity contribution >= 4 is 28.1 Å². The van der Waals surface area contributed by atoms with Gasteiger partial charge in [0.05, 0.1) is 18.9 Å². The number of aromatic hydroxyl groups is 1. The van der Waals surface area contributed by atoms with Crippen LogP contribution in [-0.4, -0.2) is 24.3 Å². The summed E-state index contributed by atoms with van der Waals surface area (Å²) in [6.45, 7) is 0. The quantitative estimate of drug-likeness (QED) is 0.659. The first kappa shape index (κ1) is 15.1. The number of benzene rings is 2. The van der Waals surface area contributed by atoms with Gasteiger partial charge in [-0.25, -0.2) is 5.43 Å². The van der Waals surface area contributed by atoms with E-state index in [1.165, 1.54) is 25.5 Å². The van der Waals surface area contributed by atoms with Crippen LogP contribution in [0, 0.1) is 0 Å². The number of hydrazone groups is 1. The van der Waals surface area contributed by atoms with E-state index in [1.54, 1.807) is 6.07 Å². The Labute approximate surface area is 130 Å². The zero-order valence-corrected chi connectivity index (χ0v) is 12.8. The van der Waals surface area contributed by atoms with Gasteiger partial charge in [0.1, 0.15) is 11.5 Å². The molecule has 0 saturated heterocycles. The van der Waals surface area contributed by atoms with E-state index in [0.29, 0.717) is 5.75 Å². The molecule has 0 aliphatic carbocycles. The highest BCUT2D eigenvalue weighted by atomic mass is 79.9. The van der Waals surface area contributed by atoms with Crippen LogP contribution in [-0.2, 0) is 0 Å². The predicted molar refractivity (Wildman–Crippen MR) is 83.9 cm³/mol. The minimum absolute atomic E-state index is 0.127. The standard InChI is InChI=1S/C15H13BrN2O3/c1-21-12-5-6-13(14(19)8-12)15(20)18-17-9-10-3-2-4-11(16)7-10/h2-9,19H,1H3,(H,18,20)/b17-9-. The highest BCUT2D eigenvalue weighted by Gasteiger charge is 2.10. The van der Waals surface area contributed by atoms with Crippen LogP contribution < -0.4 is 10.2 Å². The second-order valence-electron chi connectivity index (χ2n) is 4.14. The van der Waals surface area contributed by atoms with Crippen LogP contribution in [0.5, 0.6) is 11.5 Å². The lowest BCUT2D eigenvalue weighted by atomic mass is 10.2. The van der Waals surface area contributed by atoms with E-state index >= 15 is 0 Å². The lowest BCUT2D eigenvalue weighted by Gasteiger charge is -2.05. The van der Waals surface area contributed by atoms with Gasteiger partial charge >= 0.3 is 0 Å². The molecule has 0 unspecified atom stereocenters. The molecule has 0 atom stereocenters. The fraction of sp³-hybridized carbons (Fsp3) is 0.0667. The van der Waals surface area contributed by atoms with Crippen LogP contribution in [0.2, 0.25) is 0 Å². The van der Waals surface area contributed by atoms with Crippen molar-refractivity contribution < 1.29 is 14.6 Å². The SMILES string of the molecule is COc1ccc(C(=O)N/N=C\c2cccc(Br)c2)c(O)c1. The fourth-order valence-electron chi connectivity index (χ4n) is 1.64. The monoisotopic (exact) mass is 348 g/mol. The van der Waals surface area contributed by atoms with Crippen molar-refractivity contribution in [2.75, 3.05) is 7.11 Å². The number of amides is 1. The Morgan fingerprint density at radius 3 is 2.81 bits per heavy atom. The van der Waals surface area contributed by atoms with Crippen molar-refractivity contribution in [1.82, 2.24) is 5.43 Å². The lowest BCUT2D eigenvalue weighted by molar-refractivity contribution is 0.0952. The van der Waals surface area contributed by atoms with Gasteiger partial charge in [-0.1, -0.05) is 28.1 Å². The summed E-state index contributed by atoms with van der Waals surface area (Å²) in [5.41, 5.74) is 3.32. The molecule has 21 heavy (non-hydrogen) atoms. The van der Waals surface area contributed by atoms with E-state index in [4.69, 9.17) is 4.74 Å².